The third-order valence-electron chi connectivity index (χ3n) is 3.53. The molecule has 0 saturated carbocycles. The molecule has 1 aromatic heterocycles. The molecule has 0 radical (unpaired) electrons. The number of para-hydroxylation sites is 1. The van der Waals surface area contributed by atoms with E-state index in [0.717, 1.165) is 12.1 Å². The van der Waals surface area contributed by atoms with Crippen LogP contribution in [0.15, 0.2) is 53.1 Å². The maximum atomic E-state index is 12.6. The Labute approximate surface area is 152 Å². The van der Waals surface area contributed by atoms with Crippen molar-refractivity contribution < 1.29 is 27.2 Å². The second-order valence-corrected chi connectivity index (χ2v) is 5.54. The third-order valence-corrected chi connectivity index (χ3v) is 3.53. The Morgan fingerprint density at radius 3 is 2.48 bits per heavy atom. The summed E-state index contributed by atoms with van der Waals surface area (Å²) in [6.45, 7) is 1.64. The molecule has 0 bridgehead atoms. The van der Waals surface area contributed by atoms with Crippen molar-refractivity contribution >= 4 is 11.6 Å². The molecule has 27 heavy (non-hydrogen) atoms. The van der Waals surface area contributed by atoms with Gasteiger partial charge in [0, 0.05) is 12.6 Å². The van der Waals surface area contributed by atoms with Crippen LogP contribution in [0.5, 0.6) is 5.75 Å². The van der Waals surface area contributed by atoms with Gasteiger partial charge in [-0.1, -0.05) is 17.3 Å². The number of amides is 1. The van der Waals surface area contributed by atoms with Crippen molar-refractivity contribution in [1.82, 2.24) is 10.1 Å². The molecular formula is C18H14F3N3O3. The summed E-state index contributed by atoms with van der Waals surface area (Å²) in [7, 11) is 0. The van der Waals surface area contributed by atoms with Crippen LogP contribution in [0.2, 0.25) is 0 Å². The molecule has 0 aliphatic heterocycles. The first-order valence-corrected chi connectivity index (χ1v) is 7.82. The van der Waals surface area contributed by atoms with Crippen LogP contribution in [0, 0.1) is 6.92 Å². The number of nitrogens with one attached hydrogen (secondary N) is 1. The van der Waals surface area contributed by atoms with Gasteiger partial charge in [0.05, 0.1) is 11.1 Å². The standard InChI is InChI=1S/C18H14F3N3O3/c1-11-22-16(24-27-11)10-26-15-5-3-2-4-14(15)17(25)23-13-8-6-12(7-9-13)18(19,20)21/h2-9H,10H2,1H3,(H,23,25). The number of alkyl halides is 3. The van der Waals surface area contributed by atoms with Crippen LogP contribution in [0.1, 0.15) is 27.6 Å². The maximum Gasteiger partial charge on any atom is 0.416 e. The second kappa shape index (κ2) is 7.48. The summed E-state index contributed by atoms with van der Waals surface area (Å²) in [6.07, 6.45) is -4.43. The summed E-state index contributed by atoms with van der Waals surface area (Å²) in [6, 6.07) is 10.6. The smallest absolute Gasteiger partial charge is 0.416 e. The van der Waals surface area contributed by atoms with E-state index >= 15 is 0 Å². The summed E-state index contributed by atoms with van der Waals surface area (Å²) in [5.41, 5.74) is -0.339. The minimum absolute atomic E-state index is 0.00190. The zero-order valence-electron chi connectivity index (χ0n) is 14.1. The molecule has 0 aliphatic carbocycles. The first kappa shape index (κ1) is 18.4. The Balaban J connectivity index is 1.71. The van der Waals surface area contributed by atoms with Gasteiger partial charge < -0.3 is 14.6 Å². The predicted octanol–water partition coefficient (Wildman–Crippen LogP) is 4.23. The Kier molecular flexibility index (Phi) is 5.11. The maximum absolute atomic E-state index is 12.6. The van der Waals surface area contributed by atoms with Crippen molar-refractivity contribution in [1.29, 1.82) is 0 Å². The molecule has 0 aliphatic rings. The van der Waals surface area contributed by atoms with Crippen molar-refractivity contribution in [3.05, 3.63) is 71.4 Å². The lowest BCUT2D eigenvalue weighted by molar-refractivity contribution is -0.137. The zero-order chi connectivity index (χ0) is 19.4. The van der Waals surface area contributed by atoms with Crippen LogP contribution in [-0.2, 0) is 12.8 Å². The van der Waals surface area contributed by atoms with Gasteiger partial charge in [-0.25, -0.2) is 0 Å². The molecule has 6 nitrogen and oxygen atoms in total. The lowest BCUT2D eigenvalue weighted by atomic mass is 10.1. The highest BCUT2D eigenvalue weighted by Gasteiger charge is 2.30. The SMILES string of the molecule is Cc1nc(COc2ccccc2C(=O)Nc2ccc(C(F)(F)F)cc2)no1. The van der Waals surface area contributed by atoms with E-state index in [1.807, 2.05) is 0 Å². The summed E-state index contributed by atoms with van der Waals surface area (Å²) in [5, 5.41) is 6.24. The fraction of sp³-hybridized carbons (Fsp3) is 0.167. The van der Waals surface area contributed by atoms with E-state index in [0.29, 0.717) is 11.7 Å². The number of hydrogen-bond donors (Lipinski definition) is 1. The van der Waals surface area contributed by atoms with Gasteiger partial charge in [-0.2, -0.15) is 18.2 Å². The molecule has 3 aromatic rings. The van der Waals surface area contributed by atoms with Gasteiger partial charge in [0.2, 0.25) is 11.7 Å². The zero-order valence-corrected chi connectivity index (χ0v) is 14.1. The Hall–Kier alpha value is -3.36. The van der Waals surface area contributed by atoms with Crippen molar-refractivity contribution in [3.8, 4) is 5.75 Å². The van der Waals surface area contributed by atoms with Crippen LogP contribution in [0.4, 0.5) is 18.9 Å². The lowest BCUT2D eigenvalue weighted by Gasteiger charge is -2.11. The normalized spacial score (nSPS) is 11.3. The van der Waals surface area contributed by atoms with Gasteiger partial charge in [0.15, 0.2) is 6.61 Å². The number of hydrogen-bond acceptors (Lipinski definition) is 5. The lowest BCUT2D eigenvalue weighted by Crippen LogP contribution is -2.14. The number of aryl methyl sites for hydroxylation is 1. The van der Waals surface area contributed by atoms with Crippen molar-refractivity contribution in [3.63, 3.8) is 0 Å². The van der Waals surface area contributed by atoms with E-state index in [1.54, 1.807) is 25.1 Å². The van der Waals surface area contributed by atoms with Crippen molar-refractivity contribution in [2.75, 3.05) is 5.32 Å². The largest absolute Gasteiger partial charge is 0.485 e. The highest BCUT2D eigenvalue weighted by Crippen LogP contribution is 2.30. The quantitative estimate of drug-likeness (QED) is 0.720. The molecule has 2 aromatic carbocycles. The van der Waals surface area contributed by atoms with Gasteiger partial charge in [0.25, 0.3) is 5.91 Å². The van der Waals surface area contributed by atoms with Crippen LogP contribution in [0.25, 0.3) is 0 Å². The molecule has 0 atom stereocenters. The summed E-state index contributed by atoms with van der Waals surface area (Å²) in [5.74, 6) is 0.478. The molecule has 1 N–H and O–H groups in total. The third kappa shape index (κ3) is 4.63. The minimum Gasteiger partial charge on any atom is -0.485 e. The number of benzene rings is 2. The van der Waals surface area contributed by atoms with Gasteiger partial charge in [-0.15, -0.1) is 0 Å². The van der Waals surface area contributed by atoms with E-state index in [2.05, 4.69) is 15.5 Å². The number of ether oxygens (including phenoxy) is 1. The van der Waals surface area contributed by atoms with Gasteiger partial charge in [-0.3, -0.25) is 4.79 Å². The number of anilines is 1. The van der Waals surface area contributed by atoms with E-state index in [9.17, 15) is 18.0 Å². The fourth-order valence-corrected chi connectivity index (χ4v) is 2.26. The van der Waals surface area contributed by atoms with Crippen LogP contribution in [0.3, 0.4) is 0 Å². The number of halogens is 3. The molecule has 0 spiro atoms. The highest BCUT2D eigenvalue weighted by atomic mass is 19.4. The number of aromatic nitrogens is 2. The van der Waals surface area contributed by atoms with Crippen LogP contribution in [-0.4, -0.2) is 16.0 Å². The monoisotopic (exact) mass is 377 g/mol. The Morgan fingerprint density at radius 1 is 1.15 bits per heavy atom. The first-order chi connectivity index (χ1) is 12.8. The van der Waals surface area contributed by atoms with Gasteiger partial charge in [0.1, 0.15) is 5.75 Å². The van der Waals surface area contributed by atoms with Gasteiger partial charge >= 0.3 is 6.18 Å². The van der Waals surface area contributed by atoms with E-state index < -0.39 is 17.6 Å². The molecule has 0 saturated heterocycles. The van der Waals surface area contributed by atoms with Crippen molar-refractivity contribution in [2.45, 2.75) is 19.7 Å². The molecular weight excluding hydrogens is 363 g/mol. The van der Waals surface area contributed by atoms with E-state index in [1.165, 1.54) is 18.2 Å². The van der Waals surface area contributed by atoms with E-state index in [-0.39, 0.29) is 23.6 Å². The molecule has 1 amide bonds. The number of carbonyl (C=O) groups is 1. The van der Waals surface area contributed by atoms with E-state index in [4.69, 9.17) is 9.26 Å². The van der Waals surface area contributed by atoms with Crippen LogP contribution >= 0.6 is 0 Å². The number of carbonyl (C=O) groups excluding carboxylic acids is 1. The predicted molar refractivity (Wildman–Crippen MR) is 89.2 cm³/mol. The minimum atomic E-state index is -4.43. The summed E-state index contributed by atoms with van der Waals surface area (Å²) in [4.78, 5) is 16.5. The van der Waals surface area contributed by atoms with Gasteiger partial charge in [-0.05, 0) is 36.4 Å². The molecule has 0 unspecified atom stereocenters. The topological polar surface area (TPSA) is 77.2 Å². The Bertz CT molecular complexity index is 937. The molecule has 3 rings (SSSR count). The van der Waals surface area contributed by atoms with Crippen LogP contribution < -0.4 is 10.1 Å². The average molecular weight is 377 g/mol. The number of nitrogens with zero attached hydrogens (tertiary/aromatic N) is 2. The molecule has 140 valence electrons. The molecule has 1 heterocycles. The summed E-state index contributed by atoms with van der Waals surface area (Å²) < 4.78 is 48.2. The molecule has 0 fully saturated rings. The molecule has 9 heteroatoms. The fourth-order valence-electron chi connectivity index (χ4n) is 2.26. The Morgan fingerprint density at radius 2 is 1.85 bits per heavy atom. The highest BCUT2D eigenvalue weighted by molar-refractivity contribution is 6.06. The average Bonchev–Trinajstić information content (AvgIpc) is 3.05. The first-order valence-electron chi connectivity index (χ1n) is 7.82. The summed E-state index contributed by atoms with van der Waals surface area (Å²) >= 11 is 0. The van der Waals surface area contributed by atoms with Crippen molar-refractivity contribution in [2.24, 2.45) is 0 Å². The second-order valence-electron chi connectivity index (χ2n) is 5.54. The number of rotatable bonds is 5.